The molecule has 1 fully saturated rings. The lowest BCUT2D eigenvalue weighted by atomic mass is 9.89. The van der Waals surface area contributed by atoms with Crippen LogP contribution in [0.1, 0.15) is 39.1 Å². The van der Waals surface area contributed by atoms with Crippen molar-refractivity contribution >= 4 is 17.3 Å². The lowest BCUT2D eigenvalue weighted by Crippen LogP contribution is -2.42. The maximum atomic E-state index is 12.9. The molecule has 1 aliphatic heterocycles. The van der Waals surface area contributed by atoms with Crippen LogP contribution in [-0.4, -0.2) is 44.3 Å². The average molecular weight is 402 g/mol. The third-order valence-corrected chi connectivity index (χ3v) is 5.06. The van der Waals surface area contributed by atoms with Crippen molar-refractivity contribution in [3.05, 3.63) is 65.6 Å². The van der Waals surface area contributed by atoms with Crippen LogP contribution in [0.25, 0.3) is 5.65 Å². The summed E-state index contributed by atoms with van der Waals surface area (Å²) in [5, 5.41) is 4.10. The topological polar surface area (TPSA) is 67.6 Å². The lowest BCUT2D eigenvalue weighted by molar-refractivity contribution is -0.137. The second-order valence-electron chi connectivity index (χ2n) is 6.98. The minimum absolute atomic E-state index is 0.0109. The van der Waals surface area contributed by atoms with Crippen molar-refractivity contribution in [1.29, 1.82) is 0 Å². The van der Waals surface area contributed by atoms with Gasteiger partial charge in [-0.15, -0.1) is 0 Å². The Hall–Kier alpha value is -3.23. The summed E-state index contributed by atoms with van der Waals surface area (Å²) in [6.45, 7) is 0.619. The number of halogens is 3. The predicted octanol–water partition coefficient (Wildman–Crippen LogP) is 3.48. The van der Waals surface area contributed by atoms with Gasteiger partial charge in [0, 0.05) is 37.0 Å². The first-order valence-corrected chi connectivity index (χ1v) is 9.13. The van der Waals surface area contributed by atoms with E-state index in [1.54, 1.807) is 23.4 Å². The number of piperidine rings is 1. The van der Waals surface area contributed by atoms with Gasteiger partial charge in [0.2, 0.25) is 0 Å². The summed E-state index contributed by atoms with van der Waals surface area (Å²) in [5.41, 5.74) is -0.0945. The van der Waals surface area contributed by atoms with Gasteiger partial charge in [-0.3, -0.25) is 9.59 Å². The SMILES string of the molecule is O=C(c1cccc(C(F)(F)F)c1)[C@@H]1CCCN(C(=O)c2cnn3cccnc23)C1. The van der Waals surface area contributed by atoms with Crippen molar-refractivity contribution < 1.29 is 22.8 Å². The molecule has 3 heterocycles. The number of aromatic nitrogens is 3. The van der Waals surface area contributed by atoms with Crippen LogP contribution in [0.3, 0.4) is 0 Å². The van der Waals surface area contributed by atoms with Crippen molar-refractivity contribution in [2.24, 2.45) is 5.92 Å². The molecule has 0 bridgehead atoms. The minimum Gasteiger partial charge on any atom is -0.338 e. The zero-order chi connectivity index (χ0) is 20.6. The van der Waals surface area contributed by atoms with E-state index in [1.807, 2.05) is 0 Å². The number of benzene rings is 1. The first kappa shape index (κ1) is 19.1. The highest BCUT2D eigenvalue weighted by Gasteiger charge is 2.33. The molecule has 0 radical (unpaired) electrons. The number of ketones is 1. The number of carbonyl (C=O) groups is 2. The van der Waals surface area contributed by atoms with E-state index in [1.165, 1.54) is 22.8 Å². The molecule has 0 N–H and O–H groups in total. The average Bonchev–Trinajstić information content (AvgIpc) is 3.16. The summed E-state index contributed by atoms with van der Waals surface area (Å²) in [5.74, 6) is -1.22. The van der Waals surface area contributed by atoms with Gasteiger partial charge in [0.05, 0.1) is 11.8 Å². The van der Waals surface area contributed by atoms with E-state index in [4.69, 9.17) is 0 Å². The normalized spacial score (nSPS) is 17.5. The summed E-state index contributed by atoms with van der Waals surface area (Å²) in [7, 11) is 0. The van der Waals surface area contributed by atoms with Gasteiger partial charge in [0.15, 0.2) is 11.4 Å². The summed E-state index contributed by atoms with van der Waals surface area (Å²) < 4.78 is 40.3. The van der Waals surface area contributed by atoms with Gasteiger partial charge in [0.1, 0.15) is 5.56 Å². The first-order chi connectivity index (χ1) is 13.8. The van der Waals surface area contributed by atoms with Crippen molar-refractivity contribution in [2.75, 3.05) is 13.1 Å². The van der Waals surface area contributed by atoms with Gasteiger partial charge in [-0.2, -0.15) is 18.3 Å². The van der Waals surface area contributed by atoms with E-state index >= 15 is 0 Å². The molecule has 1 aromatic carbocycles. The molecule has 6 nitrogen and oxygen atoms in total. The Balaban J connectivity index is 1.54. The molecule has 1 aliphatic rings. The zero-order valence-corrected chi connectivity index (χ0v) is 15.3. The van der Waals surface area contributed by atoms with E-state index in [0.29, 0.717) is 30.6 Å². The summed E-state index contributed by atoms with van der Waals surface area (Å²) in [6.07, 6.45) is 1.27. The Morgan fingerprint density at radius 1 is 1.17 bits per heavy atom. The molecular formula is C20H17F3N4O2. The lowest BCUT2D eigenvalue weighted by Gasteiger charge is -2.32. The quantitative estimate of drug-likeness (QED) is 0.629. The molecule has 0 aliphatic carbocycles. The maximum absolute atomic E-state index is 12.9. The van der Waals surface area contributed by atoms with Crippen LogP contribution >= 0.6 is 0 Å². The number of Topliss-reactive ketones (excluding diaryl/α,β-unsaturated/α-hetero) is 1. The van der Waals surface area contributed by atoms with Gasteiger partial charge >= 0.3 is 6.18 Å². The second-order valence-corrected chi connectivity index (χ2v) is 6.98. The second kappa shape index (κ2) is 7.31. The molecule has 4 rings (SSSR count). The third-order valence-electron chi connectivity index (χ3n) is 5.06. The van der Waals surface area contributed by atoms with Gasteiger partial charge in [0.25, 0.3) is 5.91 Å². The minimum atomic E-state index is -4.51. The van der Waals surface area contributed by atoms with Crippen molar-refractivity contribution in [2.45, 2.75) is 19.0 Å². The van der Waals surface area contributed by atoms with Crippen LogP contribution in [0.15, 0.2) is 48.9 Å². The molecule has 1 saturated heterocycles. The number of rotatable bonds is 3. The van der Waals surface area contributed by atoms with Gasteiger partial charge < -0.3 is 4.90 Å². The first-order valence-electron chi connectivity index (χ1n) is 9.13. The molecule has 29 heavy (non-hydrogen) atoms. The zero-order valence-electron chi connectivity index (χ0n) is 15.3. The molecule has 3 aromatic rings. The molecule has 2 aromatic heterocycles. The van der Waals surface area contributed by atoms with Crippen molar-refractivity contribution in [1.82, 2.24) is 19.5 Å². The van der Waals surface area contributed by atoms with Gasteiger partial charge in [-0.1, -0.05) is 12.1 Å². The van der Waals surface area contributed by atoms with Crippen LogP contribution in [-0.2, 0) is 6.18 Å². The molecule has 0 saturated carbocycles. The largest absolute Gasteiger partial charge is 0.416 e. The monoisotopic (exact) mass is 402 g/mol. The Labute approximate surface area is 164 Å². The smallest absolute Gasteiger partial charge is 0.338 e. The molecular weight excluding hydrogens is 385 g/mol. The third kappa shape index (κ3) is 3.72. The number of amides is 1. The van der Waals surface area contributed by atoms with Crippen molar-refractivity contribution in [3.8, 4) is 0 Å². The van der Waals surface area contributed by atoms with Crippen molar-refractivity contribution in [3.63, 3.8) is 0 Å². The highest BCUT2D eigenvalue weighted by molar-refractivity contribution is 6.01. The number of alkyl halides is 3. The Bertz CT molecular complexity index is 1080. The van der Waals surface area contributed by atoms with Crippen LogP contribution in [0.2, 0.25) is 0 Å². The summed E-state index contributed by atoms with van der Waals surface area (Å²) in [4.78, 5) is 31.5. The number of carbonyl (C=O) groups excluding carboxylic acids is 2. The Morgan fingerprint density at radius 2 is 2.00 bits per heavy atom. The summed E-state index contributed by atoms with van der Waals surface area (Å²) >= 11 is 0. The molecule has 1 atom stereocenters. The molecule has 150 valence electrons. The highest BCUT2D eigenvalue weighted by atomic mass is 19.4. The molecule has 9 heteroatoms. The van der Waals surface area contributed by atoms with E-state index in [0.717, 1.165) is 12.1 Å². The van der Waals surface area contributed by atoms with Crippen LogP contribution in [0.4, 0.5) is 13.2 Å². The standard InChI is InChI=1S/C20H17F3N4O2/c21-20(22,23)15-6-1-4-13(10-15)17(28)14-5-2-8-26(12-14)19(29)16-11-25-27-9-3-7-24-18(16)27/h1,3-4,6-7,9-11,14H,2,5,8,12H2/t14-/m1/s1. The number of hydrogen-bond donors (Lipinski definition) is 0. The van der Waals surface area contributed by atoms with E-state index in [9.17, 15) is 22.8 Å². The highest BCUT2D eigenvalue weighted by Crippen LogP contribution is 2.31. The Kier molecular flexibility index (Phi) is 4.81. The van der Waals surface area contributed by atoms with Gasteiger partial charge in [-0.05, 0) is 31.0 Å². The number of hydrogen-bond acceptors (Lipinski definition) is 4. The van der Waals surface area contributed by atoms with Crippen LogP contribution in [0.5, 0.6) is 0 Å². The summed E-state index contributed by atoms with van der Waals surface area (Å²) in [6, 6.07) is 6.11. The number of nitrogens with zero attached hydrogens (tertiary/aromatic N) is 4. The Morgan fingerprint density at radius 3 is 2.79 bits per heavy atom. The van der Waals surface area contributed by atoms with E-state index < -0.39 is 17.7 Å². The fourth-order valence-corrected chi connectivity index (χ4v) is 3.61. The number of fused-ring (bicyclic) bond motifs is 1. The van der Waals surface area contributed by atoms with E-state index in [-0.39, 0.29) is 23.8 Å². The maximum Gasteiger partial charge on any atom is 0.416 e. The van der Waals surface area contributed by atoms with Gasteiger partial charge in [-0.25, -0.2) is 9.50 Å². The van der Waals surface area contributed by atoms with Crippen LogP contribution in [0, 0.1) is 5.92 Å². The van der Waals surface area contributed by atoms with E-state index in [2.05, 4.69) is 10.1 Å². The van der Waals surface area contributed by atoms with Crippen LogP contribution < -0.4 is 0 Å². The molecule has 0 spiro atoms. The number of likely N-dealkylation sites (tertiary alicyclic amines) is 1. The fourth-order valence-electron chi connectivity index (χ4n) is 3.61. The predicted molar refractivity (Wildman–Crippen MR) is 97.4 cm³/mol. The molecule has 1 amide bonds. The fraction of sp³-hybridized carbons (Fsp3) is 0.300. The molecule has 0 unspecified atom stereocenters.